The van der Waals surface area contributed by atoms with Crippen LogP contribution in [0.3, 0.4) is 0 Å². The third-order valence-electron chi connectivity index (χ3n) is 6.38. The molecule has 8 heteroatoms. The van der Waals surface area contributed by atoms with Crippen LogP contribution in [0.15, 0.2) is 71.3 Å². The van der Waals surface area contributed by atoms with Crippen molar-refractivity contribution in [1.29, 1.82) is 0 Å². The number of benzene rings is 2. The molecule has 2 heterocycles. The van der Waals surface area contributed by atoms with Crippen LogP contribution in [0.5, 0.6) is 11.5 Å². The molecule has 2 amide bonds. The molecule has 0 radical (unpaired) electrons. The minimum absolute atomic E-state index is 0.0133. The fraction of sp³-hybridized carbons (Fsp3) is 0.333. The number of ether oxygens (including phenoxy) is 2. The molecule has 5 rings (SSSR count). The second-order valence-corrected chi connectivity index (χ2v) is 8.81. The molecule has 1 aliphatic carbocycles. The minimum atomic E-state index is -1.15. The van der Waals surface area contributed by atoms with Gasteiger partial charge in [0.05, 0.1) is 6.26 Å². The molecule has 2 aromatic carbocycles. The quantitative estimate of drug-likeness (QED) is 0.551. The van der Waals surface area contributed by atoms with Crippen LogP contribution in [0.1, 0.15) is 43.9 Å². The van der Waals surface area contributed by atoms with Gasteiger partial charge in [-0.15, -0.1) is 0 Å². The van der Waals surface area contributed by atoms with Crippen LogP contribution in [0, 0.1) is 5.82 Å². The van der Waals surface area contributed by atoms with Gasteiger partial charge in [-0.2, -0.15) is 0 Å². The molecule has 3 aromatic rings. The Kier molecular flexibility index (Phi) is 6.70. The molecule has 0 unspecified atom stereocenters. The highest BCUT2D eigenvalue weighted by molar-refractivity contribution is 6.03. The molecule has 1 saturated carbocycles. The molecular formula is C27H27FN2O5. The summed E-state index contributed by atoms with van der Waals surface area (Å²) in [6, 6.07) is 14.8. The maximum atomic E-state index is 14.3. The lowest BCUT2D eigenvalue weighted by Crippen LogP contribution is -2.52. The molecular weight excluding hydrogens is 451 g/mol. The summed E-state index contributed by atoms with van der Waals surface area (Å²) in [5.74, 6) is -0.221. The van der Waals surface area contributed by atoms with Crippen molar-refractivity contribution in [2.75, 3.05) is 11.5 Å². The number of nitrogens with zero attached hydrogens (tertiary/aromatic N) is 1. The van der Waals surface area contributed by atoms with Gasteiger partial charge in [0.15, 0.2) is 17.5 Å². The standard InChI is InChI=1S/C27H27FN2O5/c28-18-8-6-11-20(16-18)30(27(32)24-17-34-21-12-4-5-13-22(21)35-24)25(23-14-7-15-33-23)26(31)29-19-9-2-1-3-10-19/h4-8,11-16,19,24-25H,1-3,9-10,17H2,(H,29,31)/t24-,25-/m1/s1. The van der Waals surface area contributed by atoms with Crippen molar-refractivity contribution < 1.29 is 27.9 Å². The zero-order chi connectivity index (χ0) is 24.2. The van der Waals surface area contributed by atoms with E-state index < -0.39 is 23.9 Å². The van der Waals surface area contributed by atoms with Gasteiger partial charge in [0, 0.05) is 11.7 Å². The summed E-state index contributed by atoms with van der Waals surface area (Å²) in [7, 11) is 0. The van der Waals surface area contributed by atoms with Crippen molar-refractivity contribution in [2.45, 2.75) is 50.3 Å². The monoisotopic (exact) mass is 478 g/mol. The van der Waals surface area contributed by atoms with Crippen molar-refractivity contribution >= 4 is 17.5 Å². The van der Waals surface area contributed by atoms with Crippen LogP contribution in [-0.2, 0) is 9.59 Å². The summed E-state index contributed by atoms with van der Waals surface area (Å²) in [6.07, 6.45) is 5.38. The van der Waals surface area contributed by atoms with E-state index in [0.717, 1.165) is 32.1 Å². The van der Waals surface area contributed by atoms with Crippen molar-refractivity contribution in [1.82, 2.24) is 5.32 Å². The largest absolute Gasteiger partial charge is 0.485 e. The first-order valence-electron chi connectivity index (χ1n) is 11.9. The highest BCUT2D eigenvalue weighted by Crippen LogP contribution is 2.35. The molecule has 2 atom stereocenters. The van der Waals surface area contributed by atoms with Gasteiger partial charge < -0.3 is 19.2 Å². The first-order valence-corrected chi connectivity index (χ1v) is 11.9. The Labute approximate surface area is 202 Å². The third-order valence-corrected chi connectivity index (χ3v) is 6.38. The number of carbonyl (C=O) groups excluding carboxylic acids is 2. The highest BCUT2D eigenvalue weighted by atomic mass is 19.1. The highest BCUT2D eigenvalue weighted by Gasteiger charge is 2.41. The first kappa shape index (κ1) is 23.0. The van der Waals surface area contributed by atoms with E-state index in [9.17, 15) is 14.0 Å². The van der Waals surface area contributed by atoms with Gasteiger partial charge in [0.25, 0.3) is 11.8 Å². The van der Waals surface area contributed by atoms with Crippen LogP contribution in [0.2, 0.25) is 0 Å². The van der Waals surface area contributed by atoms with E-state index in [1.165, 1.54) is 29.4 Å². The second kappa shape index (κ2) is 10.2. The number of amides is 2. The predicted molar refractivity (Wildman–Crippen MR) is 127 cm³/mol. The SMILES string of the molecule is O=C(NC1CCCCC1)[C@@H](c1ccco1)N(C(=O)[C@H]1COc2ccccc2O1)c1cccc(F)c1. The second-order valence-electron chi connectivity index (χ2n) is 8.81. The summed E-state index contributed by atoms with van der Waals surface area (Å²) in [6.45, 7) is -0.0449. The summed E-state index contributed by atoms with van der Waals surface area (Å²) in [5.41, 5.74) is 0.220. The van der Waals surface area contributed by atoms with Gasteiger partial charge in [-0.1, -0.05) is 37.5 Å². The van der Waals surface area contributed by atoms with Gasteiger partial charge in [-0.05, 0) is 55.3 Å². The number of halogens is 1. The molecule has 1 N–H and O–H groups in total. The third kappa shape index (κ3) is 5.01. The van der Waals surface area contributed by atoms with Crippen molar-refractivity contribution in [3.05, 3.63) is 78.5 Å². The molecule has 0 bridgehead atoms. The lowest BCUT2D eigenvalue weighted by molar-refractivity contribution is -0.132. The predicted octanol–water partition coefficient (Wildman–Crippen LogP) is 4.78. The molecule has 0 saturated heterocycles. The molecule has 0 spiro atoms. The van der Waals surface area contributed by atoms with Crippen LogP contribution in [0.4, 0.5) is 10.1 Å². The van der Waals surface area contributed by atoms with Crippen molar-refractivity contribution in [3.8, 4) is 11.5 Å². The summed E-state index contributed by atoms with van der Waals surface area (Å²) in [5, 5.41) is 3.09. The summed E-state index contributed by atoms with van der Waals surface area (Å²) >= 11 is 0. The van der Waals surface area contributed by atoms with E-state index in [1.54, 1.807) is 36.4 Å². The number of furan rings is 1. The van der Waals surface area contributed by atoms with E-state index >= 15 is 0 Å². The Bertz CT molecular complexity index is 1180. The number of nitrogens with one attached hydrogen (secondary N) is 1. The van der Waals surface area contributed by atoms with Crippen LogP contribution in [0.25, 0.3) is 0 Å². The number of hydrogen-bond donors (Lipinski definition) is 1. The Morgan fingerprint density at radius 3 is 2.51 bits per heavy atom. The topological polar surface area (TPSA) is 81.0 Å². The fourth-order valence-electron chi connectivity index (χ4n) is 4.67. The zero-order valence-corrected chi connectivity index (χ0v) is 19.2. The Balaban J connectivity index is 1.51. The number of hydrogen-bond acceptors (Lipinski definition) is 5. The number of anilines is 1. The van der Waals surface area contributed by atoms with E-state index in [4.69, 9.17) is 13.9 Å². The molecule has 1 aromatic heterocycles. The molecule has 1 fully saturated rings. The van der Waals surface area contributed by atoms with Crippen molar-refractivity contribution in [3.63, 3.8) is 0 Å². The van der Waals surface area contributed by atoms with E-state index in [1.807, 2.05) is 6.07 Å². The number of fused-ring (bicyclic) bond motifs is 1. The number of para-hydroxylation sites is 2. The van der Waals surface area contributed by atoms with E-state index in [0.29, 0.717) is 11.5 Å². The Hall–Kier alpha value is -3.81. The maximum Gasteiger partial charge on any atom is 0.272 e. The smallest absolute Gasteiger partial charge is 0.272 e. The van der Waals surface area contributed by atoms with Crippen molar-refractivity contribution in [2.24, 2.45) is 0 Å². The molecule has 35 heavy (non-hydrogen) atoms. The molecule has 1 aliphatic heterocycles. The average molecular weight is 479 g/mol. The Morgan fingerprint density at radius 2 is 1.77 bits per heavy atom. The number of rotatable bonds is 6. The Morgan fingerprint density at radius 1 is 0.971 bits per heavy atom. The van der Waals surface area contributed by atoms with Crippen LogP contribution < -0.4 is 19.7 Å². The lowest BCUT2D eigenvalue weighted by atomic mass is 9.95. The van der Waals surface area contributed by atoms with Gasteiger partial charge in [-0.25, -0.2) is 4.39 Å². The average Bonchev–Trinajstić information content (AvgIpc) is 3.41. The van der Waals surface area contributed by atoms with Crippen LogP contribution in [-0.4, -0.2) is 30.6 Å². The van der Waals surface area contributed by atoms with Crippen LogP contribution >= 0.6 is 0 Å². The van der Waals surface area contributed by atoms with E-state index in [-0.39, 0.29) is 30.0 Å². The van der Waals surface area contributed by atoms with E-state index in [2.05, 4.69) is 5.32 Å². The summed E-state index contributed by atoms with van der Waals surface area (Å²) in [4.78, 5) is 28.8. The molecule has 2 aliphatic rings. The normalized spacial score (nSPS) is 18.5. The van der Waals surface area contributed by atoms with Gasteiger partial charge in [0.2, 0.25) is 6.10 Å². The lowest BCUT2D eigenvalue weighted by Gasteiger charge is -2.35. The summed E-state index contributed by atoms with van der Waals surface area (Å²) < 4.78 is 31.6. The van der Waals surface area contributed by atoms with Gasteiger partial charge in [-0.3, -0.25) is 14.5 Å². The molecule has 182 valence electrons. The van der Waals surface area contributed by atoms with Gasteiger partial charge >= 0.3 is 0 Å². The first-order chi connectivity index (χ1) is 17.1. The fourth-order valence-corrected chi connectivity index (χ4v) is 4.67. The maximum absolute atomic E-state index is 14.3. The zero-order valence-electron chi connectivity index (χ0n) is 19.2. The molecule has 7 nitrogen and oxygen atoms in total. The van der Waals surface area contributed by atoms with Gasteiger partial charge in [0.1, 0.15) is 18.2 Å². The minimum Gasteiger partial charge on any atom is -0.485 e. The number of carbonyl (C=O) groups is 2.